The third-order valence-electron chi connectivity index (χ3n) is 6.65. The Bertz CT molecular complexity index is 1240. The molecule has 0 aliphatic carbocycles. The molecular formula is C30H32FNO4. The van der Waals surface area contributed by atoms with Crippen molar-refractivity contribution >= 4 is 11.9 Å². The molecule has 5 nitrogen and oxygen atoms in total. The Morgan fingerprint density at radius 1 is 1.03 bits per heavy atom. The van der Waals surface area contributed by atoms with Crippen LogP contribution >= 0.6 is 0 Å². The third kappa shape index (κ3) is 6.11. The molecular weight excluding hydrogens is 457 g/mol. The fourth-order valence-corrected chi connectivity index (χ4v) is 4.72. The van der Waals surface area contributed by atoms with Gasteiger partial charge in [0, 0.05) is 24.9 Å². The second kappa shape index (κ2) is 10.5. The number of ether oxygens (including phenoxy) is 1. The summed E-state index contributed by atoms with van der Waals surface area (Å²) >= 11 is 0. The van der Waals surface area contributed by atoms with Gasteiger partial charge < -0.3 is 14.7 Å². The Morgan fingerprint density at radius 2 is 1.69 bits per heavy atom. The molecule has 0 spiro atoms. The Balaban J connectivity index is 1.46. The molecule has 1 atom stereocenters. The highest BCUT2D eigenvalue weighted by Gasteiger charge is 2.35. The second-order valence-electron chi connectivity index (χ2n) is 10.1. The molecule has 36 heavy (non-hydrogen) atoms. The Kier molecular flexibility index (Phi) is 7.43. The van der Waals surface area contributed by atoms with E-state index < -0.39 is 18.1 Å². The number of hydrogen-bond acceptors (Lipinski definition) is 3. The Hall–Kier alpha value is -3.67. The minimum absolute atomic E-state index is 0.217. The number of carboxylic acids is 1. The topological polar surface area (TPSA) is 66.8 Å². The standard InChI is InChI=1S/C30H32FNO4/c1-20(2)23-8-4-22(5-9-23)17-30(3)18-25-16-24(10-13-27(25)36-30)29(35)32(19-28(33)34)15-14-21-6-11-26(31)12-7-21/h4-13,16,20H,14-15,17-19H2,1-3H3,(H,33,34). The lowest BCUT2D eigenvalue weighted by molar-refractivity contribution is -0.137. The summed E-state index contributed by atoms with van der Waals surface area (Å²) in [4.78, 5) is 26.0. The maximum Gasteiger partial charge on any atom is 0.323 e. The molecule has 0 aromatic heterocycles. The smallest absolute Gasteiger partial charge is 0.323 e. The predicted octanol–water partition coefficient (Wildman–Crippen LogP) is 5.65. The molecule has 1 amide bonds. The van der Waals surface area contributed by atoms with Gasteiger partial charge >= 0.3 is 5.97 Å². The van der Waals surface area contributed by atoms with Crippen molar-refractivity contribution in [2.45, 2.75) is 51.6 Å². The molecule has 0 radical (unpaired) electrons. The molecule has 3 aromatic rings. The van der Waals surface area contributed by atoms with Gasteiger partial charge in [-0.2, -0.15) is 0 Å². The molecule has 1 unspecified atom stereocenters. The van der Waals surface area contributed by atoms with Crippen LogP contribution in [0, 0.1) is 5.82 Å². The average molecular weight is 490 g/mol. The van der Waals surface area contributed by atoms with Gasteiger partial charge in [-0.1, -0.05) is 50.2 Å². The van der Waals surface area contributed by atoms with E-state index in [-0.39, 0.29) is 18.3 Å². The average Bonchev–Trinajstić information content (AvgIpc) is 3.17. The van der Waals surface area contributed by atoms with Gasteiger partial charge in [0.25, 0.3) is 5.91 Å². The second-order valence-corrected chi connectivity index (χ2v) is 10.1. The van der Waals surface area contributed by atoms with Crippen LogP contribution in [0.4, 0.5) is 4.39 Å². The van der Waals surface area contributed by atoms with Crippen LogP contribution in [-0.2, 0) is 24.1 Å². The van der Waals surface area contributed by atoms with E-state index in [9.17, 15) is 19.1 Å². The Morgan fingerprint density at radius 3 is 2.33 bits per heavy atom. The highest BCUT2D eigenvalue weighted by molar-refractivity contribution is 5.96. The monoisotopic (exact) mass is 489 g/mol. The molecule has 0 saturated heterocycles. The van der Waals surface area contributed by atoms with Crippen LogP contribution < -0.4 is 4.74 Å². The number of hydrogen-bond donors (Lipinski definition) is 1. The molecule has 1 aliphatic rings. The maximum atomic E-state index is 13.3. The molecule has 6 heteroatoms. The van der Waals surface area contributed by atoms with Crippen LogP contribution in [0.5, 0.6) is 5.75 Å². The SMILES string of the molecule is CC(C)c1ccc(CC2(C)Cc3cc(C(=O)N(CCc4ccc(F)cc4)CC(=O)O)ccc3O2)cc1. The van der Waals surface area contributed by atoms with E-state index in [0.717, 1.165) is 23.3 Å². The van der Waals surface area contributed by atoms with Crippen molar-refractivity contribution in [2.75, 3.05) is 13.1 Å². The number of halogens is 1. The predicted molar refractivity (Wildman–Crippen MR) is 137 cm³/mol. The first kappa shape index (κ1) is 25.4. The number of benzene rings is 3. The van der Waals surface area contributed by atoms with Gasteiger partial charge in [0.1, 0.15) is 23.7 Å². The highest BCUT2D eigenvalue weighted by atomic mass is 19.1. The molecule has 0 saturated carbocycles. The number of aliphatic carboxylic acids is 1. The van der Waals surface area contributed by atoms with Crippen molar-refractivity contribution in [3.8, 4) is 5.75 Å². The van der Waals surface area contributed by atoms with Crippen LogP contribution in [-0.4, -0.2) is 40.6 Å². The van der Waals surface area contributed by atoms with Crippen LogP contribution in [0.15, 0.2) is 66.7 Å². The van der Waals surface area contributed by atoms with Gasteiger partial charge in [-0.05, 0) is 71.8 Å². The summed E-state index contributed by atoms with van der Waals surface area (Å²) < 4.78 is 19.5. The van der Waals surface area contributed by atoms with E-state index in [4.69, 9.17) is 4.74 Å². The van der Waals surface area contributed by atoms with Crippen molar-refractivity contribution in [3.63, 3.8) is 0 Å². The van der Waals surface area contributed by atoms with Crippen LogP contribution in [0.1, 0.15) is 59.3 Å². The van der Waals surface area contributed by atoms with Gasteiger partial charge in [-0.15, -0.1) is 0 Å². The first-order valence-electron chi connectivity index (χ1n) is 12.3. The minimum Gasteiger partial charge on any atom is -0.487 e. The lowest BCUT2D eigenvalue weighted by Gasteiger charge is -2.24. The number of nitrogens with zero attached hydrogens (tertiary/aromatic N) is 1. The summed E-state index contributed by atoms with van der Waals surface area (Å²) in [5.41, 5.74) is 4.28. The van der Waals surface area contributed by atoms with Crippen molar-refractivity contribution in [1.29, 1.82) is 0 Å². The van der Waals surface area contributed by atoms with Crippen LogP contribution in [0.3, 0.4) is 0 Å². The van der Waals surface area contributed by atoms with E-state index >= 15 is 0 Å². The van der Waals surface area contributed by atoms with Gasteiger partial charge in [-0.25, -0.2) is 4.39 Å². The first-order valence-corrected chi connectivity index (χ1v) is 12.3. The zero-order valence-electron chi connectivity index (χ0n) is 21.0. The zero-order chi connectivity index (χ0) is 25.9. The van der Waals surface area contributed by atoms with Crippen LogP contribution in [0.2, 0.25) is 0 Å². The summed E-state index contributed by atoms with van der Waals surface area (Å²) in [6.07, 6.45) is 1.83. The molecule has 3 aromatic carbocycles. The van der Waals surface area contributed by atoms with Gasteiger partial charge in [0.15, 0.2) is 0 Å². The van der Waals surface area contributed by atoms with E-state index in [2.05, 4.69) is 45.0 Å². The Labute approximate surface area is 211 Å². The molecule has 0 fully saturated rings. The maximum absolute atomic E-state index is 13.3. The van der Waals surface area contributed by atoms with Gasteiger partial charge in [0.2, 0.25) is 0 Å². The fraction of sp³-hybridized carbons (Fsp3) is 0.333. The molecule has 188 valence electrons. The van der Waals surface area contributed by atoms with Crippen molar-refractivity contribution in [1.82, 2.24) is 4.90 Å². The van der Waals surface area contributed by atoms with Crippen molar-refractivity contribution in [2.24, 2.45) is 0 Å². The molecule has 4 rings (SSSR count). The number of amides is 1. The quantitative estimate of drug-likeness (QED) is 0.422. The number of carbonyl (C=O) groups excluding carboxylic acids is 1. The lowest BCUT2D eigenvalue weighted by Crippen LogP contribution is -2.37. The zero-order valence-corrected chi connectivity index (χ0v) is 21.0. The summed E-state index contributed by atoms with van der Waals surface area (Å²) in [5.74, 6) is -0.529. The van der Waals surface area contributed by atoms with Crippen LogP contribution in [0.25, 0.3) is 0 Å². The van der Waals surface area contributed by atoms with E-state index in [1.165, 1.54) is 28.2 Å². The minimum atomic E-state index is -1.08. The summed E-state index contributed by atoms with van der Waals surface area (Å²) in [7, 11) is 0. The molecule has 1 N–H and O–H groups in total. The highest BCUT2D eigenvalue weighted by Crippen LogP contribution is 2.37. The lowest BCUT2D eigenvalue weighted by atomic mass is 9.90. The van der Waals surface area contributed by atoms with Crippen molar-refractivity contribution in [3.05, 3.63) is 100 Å². The van der Waals surface area contributed by atoms with E-state index in [0.29, 0.717) is 24.3 Å². The van der Waals surface area contributed by atoms with E-state index in [1.54, 1.807) is 24.3 Å². The first-order chi connectivity index (χ1) is 17.1. The molecule has 1 heterocycles. The normalized spacial score (nSPS) is 16.5. The number of carboxylic acid groups (broad SMARTS) is 1. The van der Waals surface area contributed by atoms with Crippen molar-refractivity contribution < 1.29 is 23.8 Å². The summed E-state index contributed by atoms with van der Waals surface area (Å²) in [5, 5.41) is 9.36. The molecule has 0 bridgehead atoms. The number of fused-ring (bicyclic) bond motifs is 1. The number of rotatable bonds is 9. The third-order valence-corrected chi connectivity index (χ3v) is 6.65. The molecule has 1 aliphatic heterocycles. The largest absolute Gasteiger partial charge is 0.487 e. The number of carbonyl (C=O) groups is 2. The summed E-state index contributed by atoms with van der Waals surface area (Å²) in [6, 6.07) is 19.9. The summed E-state index contributed by atoms with van der Waals surface area (Å²) in [6.45, 7) is 6.23. The van der Waals surface area contributed by atoms with Gasteiger partial charge in [0.05, 0.1) is 0 Å². The van der Waals surface area contributed by atoms with Gasteiger partial charge in [-0.3, -0.25) is 9.59 Å². The fourth-order valence-electron chi connectivity index (χ4n) is 4.72. The van der Waals surface area contributed by atoms with E-state index in [1.807, 2.05) is 6.07 Å².